The molecule has 1 aromatic carbocycles. The zero-order valence-electron chi connectivity index (χ0n) is 14.2. The second-order valence-corrected chi connectivity index (χ2v) is 7.80. The summed E-state index contributed by atoms with van der Waals surface area (Å²) in [6, 6.07) is 6.86. The number of benzene rings is 1. The number of carbonyl (C=O) groups is 1. The van der Waals surface area contributed by atoms with E-state index in [0.717, 1.165) is 6.26 Å². The number of carboxylic acid groups (broad SMARTS) is 1. The van der Waals surface area contributed by atoms with Gasteiger partial charge in [-0.05, 0) is 26.0 Å². The number of ether oxygens (including phenoxy) is 1. The number of rotatable bonds is 4. The van der Waals surface area contributed by atoms with Crippen molar-refractivity contribution in [3.63, 3.8) is 0 Å². The highest BCUT2D eigenvalue weighted by molar-refractivity contribution is 7.92. The molecule has 1 heterocycles. The van der Waals surface area contributed by atoms with Crippen LogP contribution in [0.1, 0.15) is 34.1 Å². The summed E-state index contributed by atoms with van der Waals surface area (Å²) in [5.41, 5.74) is -0.496. The van der Waals surface area contributed by atoms with E-state index >= 15 is 0 Å². The van der Waals surface area contributed by atoms with Gasteiger partial charge in [-0.3, -0.25) is 9.10 Å². The minimum atomic E-state index is -3.44. The van der Waals surface area contributed by atoms with Crippen molar-refractivity contribution in [1.29, 1.82) is 0 Å². The van der Waals surface area contributed by atoms with Crippen LogP contribution in [0.3, 0.4) is 0 Å². The van der Waals surface area contributed by atoms with Crippen molar-refractivity contribution in [2.75, 3.05) is 17.1 Å². The molecule has 0 saturated heterocycles. The van der Waals surface area contributed by atoms with E-state index < -0.39 is 27.5 Å². The van der Waals surface area contributed by atoms with E-state index in [4.69, 9.17) is 4.74 Å². The van der Waals surface area contributed by atoms with Crippen LogP contribution in [0.25, 0.3) is 0 Å². The van der Waals surface area contributed by atoms with Crippen LogP contribution < -0.4 is 9.04 Å². The Bertz CT molecular complexity index is 654. The summed E-state index contributed by atoms with van der Waals surface area (Å²) < 4.78 is 30.9. The summed E-state index contributed by atoms with van der Waals surface area (Å²) in [6.07, 6.45) is 0.859. The van der Waals surface area contributed by atoms with E-state index in [1.165, 1.54) is 4.31 Å². The van der Waals surface area contributed by atoms with Gasteiger partial charge in [-0.25, -0.2) is 8.42 Å². The van der Waals surface area contributed by atoms with Crippen LogP contribution in [-0.2, 0) is 14.8 Å². The van der Waals surface area contributed by atoms with E-state index in [9.17, 15) is 18.3 Å². The van der Waals surface area contributed by atoms with Gasteiger partial charge in [0.1, 0.15) is 11.9 Å². The maximum absolute atomic E-state index is 11.9. The Hall–Kier alpha value is -1.76. The maximum atomic E-state index is 11.9. The lowest BCUT2D eigenvalue weighted by Crippen LogP contribution is -2.45. The summed E-state index contributed by atoms with van der Waals surface area (Å²) in [4.78, 5) is 11.2. The Kier molecular flexibility index (Phi) is 6.04. The smallest absolute Gasteiger partial charge is 0.309 e. The molecule has 1 aliphatic rings. The van der Waals surface area contributed by atoms with E-state index in [0.29, 0.717) is 11.4 Å². The van der Waals surface area contributed by atoms with Crippen molar-refractivity contribution in [3.05, 3.63) is 24.3 Å². The molecule has 0 spiro atoms. The average Bonchev–Trinajstić information content (AvgIpc) is 2.47. The Labute approximate surface area is 138 Å². The molecule has 0 radical (unpaired) electrons. The Morgan fingerprint density at radius 3 is 2.43 bits per heavy atom. The third-order valence-electron chi connectivity index (χ3n) is 3.51. The zero-order valence-corrected chi connectivity index (χ0v) is 15.1. The van der Waals surface area contributed by atoms with E-state index in [-0.39, 0.29) is 13.0 Å². The molecule has 1 atom stereocenters. The molecule has 0 unspecified atom stereocenters. The van der Waals surface area contributed by atoms with Gasteiger partial charge in [-0.15, -0.1) is 0 Å². The van der Waals surface area contributed by atoms with Crippen LogP contribution in [0.2, 0.25) is 0 Å². The largest absolute Gasteiger partial charge is 0.486 e. The summed E-state index contributed by atoms with van der Waals surface area (Å²) in [6.45, 7) is 7.32. The summed E-state index contributed by atoms with van der Waals surface area (Å²) >= 11 is 0. The molecule has 0 aliphatic carbocycles. The highest BCUT2D eigenvalue weighted by atomic mass is 32.2. The molecular formula is C16H25NO5S. The third kappa shape index (κ3) is 4.60. The van der Waals surface area contributed by atoms with Gasteiger partial charge in [-0.2, -0.15) is 0 Å². The lowest BCUT2D eigenvalue weighted by molar-refractivity contribution is -0.148. The van der Waals surface area contributed by atoms with Crippen LogP contribution in [-0.4, -0.2) is 38.4 Å². The van der Waals surface area contributed by atoms with Gasteiger partial charge in [0, 0.05) is 6.42 Å². The number of hydrogen-bond acceptors (Lipinski definition) is 4. The molecule has 2 rings (SSSR count). The highest BCUT2D eigenvalue weighted by Crippen LogP contribution is 2.37. The number of hydrogen-bond donors (Lipinski definition) is 1. The standard InChI is InChI=1S/C14H19NO5S.C2H6/c1-14(2,13(16)17)8-10-9-15(21(3,18)19)11-6-4-5-7-12(11)20-10;1-2/h4-7,10H,8-9H2,1-3H3,(H,16,17);1-2H3/t10-;/m0./s1. The second-order valence-electron chi connectivity index (χ2n) is 5.89. The first-order valence-electron chi connectivity index (χ1n) is 7.58. The molecule has 6 nitrogen and oxygen atoms in total. The molecule has 1 N–H and O–H groups in total. The molecule has 0 bridgehead atoms. The zero-order chi connectivity index (χ0) is 17.8. The number of fused-ring (bicyclic) bond motifs is 1. The fraction of sp³-hybridized carbons (Fsp3) is 0.562. The van der Waals surface area contributed by atoms with Gasteiger partial charge in [0.25, 0.3) is 0 Å². The SMILES string of the molecule is CC.CC(C)(C[C@H]1CN(S(C)(=O)=O)c2ccccc2O1)C(=O)O. The molecule has 7 heteroatoms. The number of para-hydroxylation sites is 2. The van der Waals surface area contributed by atoms with E-state index in [2.05, 4.69) is 0 Å². The molecular weight excluding hydrogens is 318 g/mol. The molecule has 0 saturated carbocycles. The summed E-state index contributed by atoms with van der Waals surface area (Å²) in [7, 11) is -3.44. The number of sulfonamides is 1. The van der Waals surface area contributed by atoms with Gasteiger partial charge in [-0.1, -0.05) is 26.0 Å². The molecule has 1 aliphatic heterocycles. The van der Waals surface area contributed by atoms with Gasteiger partial charge < -0.3 is 9.84 Å². The predicted octanol–water partition coefficient (Wildman–Crippen LogP) is 2.74. The van der Waals surface area contributed by atoms with Crippen LogP contribution in [0.15, 0.2) is 24.3 Å². The van der Waals surface area contributed by atoms with Crippen LogP contribution >= 0.6 is 0 Å². The van der Waals surface area contributed by atoms with Crippen molar-refractivity contribution < 1.29 is 23.1 Å². The van der Waals surface area contributed by atoms with Crippen molar-refractivity contribution >= 4 is 21.7 Å². The van der Waals surface area contributed by atoms with Crippen molar-refractivity contribution in [3.8, 4) is 5.75 Å². The molecule has 130 valence electrons. The normalized spacial score (nSPS) is 17.4. The summed E-state index contributed by atoms with van der Waals surface area (Å²) in [5, 5.41) is 9.21. The molecule has 1 aromatic rings. The number of anilines is 1. The number of aliphatic carboxylic acids is 1. The maximum Gasteiger partial charge on any atom is 0.309 e. The molecule has 0 amide bonds. The first-order valence-corrected chi connectivity index (χ1v) is 9.43. The van der Waals surface area contributed by atoms with E-state index in [1.54, 1.807) is 38.1 Å². The monoisotopic (exact) mass is 343 g/mol. The third-order valence-corrected chi connectivity index (χ3v) is 4.66. The van der Waals surface area contributed by atoms with Crippen LogP contribution in [0.4, 0.5) is 5.69 Å². The minimum Gasteiger partial charge on any atom is -0.486 e. The highest BCUT2D eigenvalue weighted by Gasteiger charge is 2.37. The van der Waals surface area contributed by atoms with Gasteiger partial charge in [0.05, 0.1) is 23.9 Å². The van der Waals surface area contributed by atoms with Gasteiger partial charge >= 0.3 is 5.97 Å². The predicted molar refractivity (Wildman–Crippen MR) is 90.4 cm³/mol. The first kappa shape index (κ1) is 19.3. The van der Waals surface area contributed by atoms with Crippen LogP contribution in [0, 0.1) is 5.41 Å². The quantitative estimate of drug-likeness (QED) is 0.909. The fourth-order valence-corrected chi connectivity index (χ4v) is 3.28. The topological polar surface area (TPSA) is 83.9 Å². The Morgan fingerprint density at radius 1 is 1.35 bits per heavy atom. The van der Waals surface area contributed by atoms with Crippen molar-refractivity contribution in [2.45, 2.75) is 40.2 Å². The lowest BCUT2D eigenvalue weighted by Gasteiger charge is -2.36. The fourth-order valence-electron chi connectivity index (χ4n) is 2.34. The first-order chi connectivity index (χ1) is 10.6. The summed E-state index contributed by atoms with van der Waals surface area (Å²) in [5.74, 6) is -0.476. The van der Waals surface area contributed by atoms with Crippen molar-refractivity contribution in [2.24, 2.45) is 5.41 Å². The molecule has 23 heavy (non-hydrogen) atoms. The van der Waals surface area contributed by atoms with Crippen LogP contribution in [0.5, 0.6) is 5.75 Å². The van der Waals surface area contributed by atoms with Gasteiger partial charge in [0.2, 0.25) is 10.0 Å². The Balaban J connectivity index is 0.00000127. The van der Waals surface area contributed by atoms with Crippen molar-refractivity contribution in [1.82, 2.24) is 0 Å². The number of carboxylic acids is 1. The molecule has 0 fully saturated rings. The minimum absolute atomic E-state index is 0.118. The van der Waals surface area contributed by atoms with Gasteiger partial charge in [0.15, 0.2) is 0 Å². The lowest BCUT2D eigenvalue weighted by atomic mass is 9.86. The number of nitrogens with zero attached hydrogens (tertiary/aromatic N) is 1. The molecule has 0 aromatic heterocycles. The van der Waals surface area contributed by atoms with E-state index in [1.807, 2.05) is 13.8 Å². The Morgan fingerprint density at radius 2 is 1.91 bits per heavy atom. The second kappa shape index (κ2) is 7.21. The average molecular weight is 343 g/mol.